The molecule has 0 atom stereocenters. The zero-order chi connectivity index (χ0) is 19.1. The molecule has 1 saturated heterocycles. The molecule has 2 amide bonds. The van der Waals surface area contributed by atoms with E-state index in [1.807, 2.05) is 18.2 Å². The van der Waals surface area contributed by atoms with E-state index in [4.69, 9.17) is 13.9 Å². The second kappa shape index (κ2) is 9.23. The minimum absolute atomic E-state index is 0.0770. The van der Waals surface area contributed by atoms with Gasteiger partial charge in [-0.25, -0.2) is 0 Å². The summed E-state index contributed by atoms with van der Waals surface area (Å²) >= 11 is 0. The van der Waals surface area contributed by atoms with E-state index < -0.39 is 0 Å². The van der Waals surface area contributed by atoms with Gasteiger partial charge in [0.15, 0.2) is 6.61 Å². The van der Waals surface area contributed by atoms with Crippen molar-refractivity contribution in [3.63, 3.8) is 0 Å². The molecule has 144 valence electrons. The van der Waals surface area contributed by atoms with E-state index in [9.17, 15) is 9.59 Å². The van der Waals surface area contributed by atoms with Crippen LogP contribution in [-0.2, 0) is 20.9 Å². The Morgan fingerprint density at radius 2 is 2.07 bits per heavy atom. The van der Waals surface area contributed by atoms with E-state index in [-0.39, 0.29) is 18.4 Å². The lowest BCUT2D eigenvalue weighted by Gasteiger charge is -2.21. The largest absolute Gasteiger partial charge is 0.484 e. The van der Waals surface area contributed by atoms with Crippen molar-refractivity contribution >= 4 is 17.5 Å². The number of hydrogen-bond acceptors (Lipinski definition) is 5. The van der Waals surface area contributed by atoms with Crippen LogP contribution in [-0.4, -0.2) is 50.1 Å². The zero-order valence-corrected chi connectivity index (χ0v) is 15.4. The molecule has 0 saturated carbocycles. The summed E-state index contributed by atoms with van der Waals surface area (Å²) in [5.74, 6) is 1.29. The van der Waals surface area contributed by atoms with Gasteiger partial charge in [0.05, 0.1) is 19.4 Å². The first-order valence-electron chi connectivity index (χ1n) is 8.99. The van der Waals surface area contributed by atoms with Crippen LogP contribution in [0, 0.1) is 0 Å². The van der Waals surface area contributed by atoms with Crippen LogP contribution in [0.4, 0.5) is 5.69 Å². The van der Waals surface area contributed by atoms with Gasteiger partial charge in [0, 0.05) is 32.3 Å². The molecule has 1 aromatic heterocycles. The van der Waals surface area contributed by atoms with Crippen molar-refractivity contribution in [3.05, 3.63) is 48.4 Å². The third-order valence-electron chi connectivity index (χ3n) is 4.43. The Labute approximate surface area is 158 Å². The molecule has 0 aliphatic carbocycles. The molecule has 27 heavy (non-hydrogen) atoms. The van der Waals surface area contributed by atoms with E-state index in [1.54, 1.807) is 41.4 Å². The molecule has 0 N–H and O–H groups in total. The van der Waals surface area contributed by atoms with Gasteiger partial charge in [0.1, 0.15) is 11.5 Å². The Bertz CT molecular complexity index is 742. The van der Waals surface area contributed by atoms with E-state index in [0.717, 1.165) is 18.7 Å². The van der Waals surface area contributed by atoms with Crippen LogP contribution in [0.1, 0.15) is 18.6 Å². The maximum absolute atomic E-state index is 12.5. The first-order chi connectivity index (χ1) is 13.2. The number of benzene rings is 1. The van der Waals surface area contributed by atoms with Crippen molar-refractivity contribution < 1.29 is 23.5 Å². The third kappa shape index (κ3) is 5.10. The summed E-state index contributed by atoms with van der Waals surface area (Å²) < 4.78 is 16.0. The number of amides is 2. The van der Waals surface area contributed by atoms with Gasteiger partial charge in [-0.05, 0) is 42.8 Å². The Hall–Kier alpha value is -2.80. The minimum Gasteiger partial charge on any atom is -0.484 e. The predicted molar refractivity (Wildman–Crippen MR) is 99.5 cm³/mol. The molecule has 0 unspecified atom stereocenters. The molecule has 0 bridgehead atoms. The van der Waals surface area contributed by atoms with Crippen LogP contribution < -0.4 is 9.64 Å². The highest BCUT2D eigenvalue weighted by molar-refractivity contribution is 5.95. The van der Waals surface area contributed by atoms with E-state index in [0.29, 0.717) is 37.6 Å². The van der Waals surface area contributed by atoms with Crippen molar-refractivity contribution in [3.8, 4) is 5.75 Å². The first-order valence-corrected chi connectivity index (χ1v) is 8.99. The first kappa shape index (κ1) is 19.0. The van der Waals surface area contributed by atoms with Crippen molar-refractivity contribution in [2.75, 3.05) is 38.3 Å². The average Bonchev–Trinajstić information content (AvgIpc) is 3.35. The highest BCUT2D eigenvalue weighted by atomic mass is 16.5. The summed E-state index contributed by atoms with van der Waals surface area (Å²) in [4.78, 5) is 27.7. The van der Waals surface area contributed by atoms with Crippen LogP contribution >= 0.6 is 0 Å². The molecule has 7 nitrogen and oxygen atoms in total. The van der Waals surface area contributed by atoms with Crippen LogP contribution in [0.2, 0.25) is 0 Å². The normalized spacial score (nSPS) is 13.8. The van der Waals surface area contributed by atoms with Gasteiger partial charge in [0.2, 0.25) is 5.91 Å². The maximum Gasteiger partial charge on any atom is 0.260 e. The topological polar surface area (TPSA) is 72.2 Å². The van der Waals surface area contributed by atoms with Crippen molar-refractivity contribution in [2.24, 2.45) is 0 Å². The number of carbonyl (C=O) groups excluding carboxylic acids is 2. The summed E-state index contributed by atoms with van der Waals surface area (Å²) in [6.45, 7) is 1.93. The molecule has 2 heterocycles. The summed E-state index contributed by atoms with van der Waals surface area (Å²) in [7, 11) is 1.60. The molecule has 1 fully saturated rings. The van der Waals surface area contributed by atoms with Crippen molar-refractivity contribution in [2.45, 2.75) is 19.4 Å². The number of methoxy groups -OCH3 is 1. The van der Waals surface area contributed by atoms with Gasteiger partial charge >= 0.3 is 0 Å². The summed E-state index contributed by atoms with van der Waals surface area (Å²) in [5.41, 5.74) is 0.857. The maximum atomic E-state index is 12.5. The predicted octanol–water partition coefficient (Wildman–Crippen LogP) is 2.46. The van der Waals surface area contributed by atoms with Crippen molar-refractivity contribution in [1.29, 1.82) is 0 Å². The minimum atomic E-state index is -0.151. The standard InChI is InChI=1S/C20H24N2O5/c1-25-13-11-21(14-18-4-3-12-26-18)20(24)15-27-17-8-6-16(7-9-17)22-10-2-5-19(22)23/h3-4,6-9,12H,2,5,10-11,13-15H2,1H3. The van der Waals surface area contributed by atoms with Gasteiger partial charge in [-0.1, -0.05) is 0 Å². The molecule has 1 aliphatic heterocycles. The molecular weight excluding hydrogens is 348 g/mol. The van der Waals surface area contributed by atoms with Crippen LogP contribution in [0.5, 0.6) is 5.75 Å². The highest BCUT2D eigenvalue weighted by Crippen LogP contribution is 2.24. The number of hydrogen-bond donors (Lipinski definition) is 0. The Morgan fingerprint density at radius 3 is 2.70 bits per heavy atom. The van der Waals surface area contributed by atoms with Gasteiger partial charge in [-0.3, -0.25) is 9.59 Å². The monoisotopic (exact) mass is 372 g/mol. The molecule has 7 heteroatoms. The van der Waals surface area contributed by atoms with Crippen LogP contribution in [0.15, 0.2) is 47.1 Å². The Balaban J connectivity index is 1.55. The van der Waals surface area contributed by atoms with Crippen LogP contribution in [0.25, 0.3) is 0 Å². The molecule has 1 aliphatic rings. The number of carbonyl (C=O) groups is 2. The smallest absolute Gasteiger partial charge is 0.260 e. The SMILES string of the molecule is COCCN(Cc1ccco1)C(=O)COc1ccc(N2CCCC2=O)cc1. The quantitative estimate of drug-likeness (QED) is 0.676. The third-order valence-corrected chi connectivity index (χ3v) is 4.43. The zero-order valence-electron chi connectivity index (χ0n) is 15.4. The van der Waals surface area contributed by atoms with Gasteiger partial charge in [0.25, 0.3) is 5.91 Å². The van der Waals surface area contributed by atoms with Gasteiger partial charge < -0.3 is 23.7 Å². The van der Waals surface area contributed by atoms with Gasteiger partial charge in [-0.2, -0.15) is 0 Å². The summed E-state index contributed by atoms with van der Waals surface area (Å²) in [6, 6.07) is 10.9. The van der Waals surface area contributed by atoms with Crippen molar-refractivity contribution in [1.82, 2.24) is 4.90 Å². The van der Waals surface area contributed by atoms with Crippen LogP contribution in [0.3, 0.4) is 0 Å². The molecule has 2 aromatic rings. The fourth-order valence-corrected chi connectivity index (χ4v) is 2.96. The summed E-state index contributed by atoms with van der Waals surface area (Å²) in [5, 5.41) is 0. The molecular formula is C20H24N2O5. The molecule has 0 spiro atoms. The average molecular weight is 372 g/mol. The number of ether oxygens (including phenoxy) is 2. The lowest BCUT2D eigenvalue weighted by molar-refractivity contribution is -0.134. The molecule has 0 radical (unpaired) electrons. The second-order valence-electron chi connectivity index (χ2n) is 6.32. The van der Waals surface area contributed by atoms with E-state index in [2.05, 4.69) is 0 Å². The fourth-order valence-electron chi connectivity index (χ4n) is 2.96. The van der Waals surface area contributed by atoms with Gasteiger partial charge in [-0.15, -0.1) is 0 Å². The number of anilines is 1. The molecule has 3 rings (SSSR count). The molecule has 1 aromatic carbocycles. The summed E-state index contributed by atoms with van der Waals surface area (Å²) in [6.07, 6.45) is 3.07. The number of nitrogens with zero attached hydrogens (tertiary/aromatic N) is 2. The van der Waals surface area contributed by atoms with E-state index in [1.165, 1.54) is 0 Å². The van der Waals surface area contributed by atoms with E-state index >= 15 is 0 Å². The fraction of sp³-hybridized carbons (Fsp3) is 0.400. The number of furan rings is 1. The Kier molecular flexibility index (Phi) is 6.49. The number of rotatable bonds is 9. The Morgan fingerprint density at radius 1 is 1.26 bits per heavy atom. The lowest BCUT2D eigenvalue weighted by atomic mass is 10.3. The second-order valence-corrected chi connectivity index (χ2v) is 6.32. The highest BCUT2D eigenvalue weighted by Gasteiger charge is 2.21. The lowest BCUT2D eigenvalue weighted by Crippen LogP contribution is -2.36.